The third-order valence-corrected chi connectivity index (χ3v) is 5.18. The number of piperidine rings is 1. The molecule has 7 nitrogen and oxygen atoms in total. The van der Waals surface area contributed by atoms with E-state index in [1.807, 2.05) is 25.2 Å². The molecule has 1 aromatic carbocycles. The van der Waals surface area contributed by atoms with Gasteiger partial charge in [-0.1, -0.05) is 18.2 Å². The first kappa shape index (κ1) is 19.7. The van der Waals surface area contributed by atoms with Gasteiger partial charge in [-0.2, -0.15) is 5.10 Å². The summed E-state index contributed by atoms with van der Waals surface area (Å²) in [6.07, 6.45) is 3.66. The van der Waals surface area contributed by atoms with Gasteiger partial charge < -0.3 is 14.6 Å². The fourth-order valence-corrected chi connectivity index (χ4v) is 3.66. The highest BCUT2D eigenvalue weighted by molar-refractivity contribution is 14.0. The average molecular weight is 480 g/mol. The van der Waals surface area contributed by atoms with E-state index in [9.17, 15) is 0 Å². The van der Waals surface area contributed by atoms with Crippen molar-refractivity contribution in [1.29, 1.82) is 0 Å². The third-order valence-electron chi connectivity index (χ3n) is 5.18. The number of hydrogen-bond acceptors (Lipinski definition) is 4. The number of H-pyrrole nitrogens is 1. The molecule has 8 heteroatoms. The van der Waals surface area contributed by atoms with Gasteiger partial charge in [-0.3, -0.25) is 10.1 Å². The van der Waals surface area contributed by atoms with E-state index in [0.717, 1.165) is 49.1 Å². The molecule has 4 rings (SSSR count). The summed E-state index contributed by atoms with van der Waals surface area (Å²) in [6.45, 7) is 4.64. The van der Waals surface area contributed by atoms with E-state index in [4.69, 9.17) is 4.42 Å². The predicted octanol–water partition coefficient (Wildman–Crippen LogP) is 3.43. The number of aromatic amines is 1. The van der Waals surface area contributed by atoms with E-state index in [2.05, 4.69) is 43.4 Å². The lowest BCUT2D eigenvalue weighted by atomic mass is 9.96. The first-order chi connectivity index (χ1) is 12.8. The Morgan fingerprint density at radius 3 is 2.78 bits per heavy atom. The lowest BCUT2D eigenvalue weighted by molar-refractivity contribution is 0.298. The van der Waals surface area contributed by atoms with E-state index < -0.39 is 0 Å². The smallest absolute Gasteiger partial charge is 0.194 e. The number of likely N-dealkylation sites (tertiary alicyclic amines) is 1. The van der Waals surface area contributed by atoms with Gasteiger partial charge >= 0.3 is 0 Å². The summed E-state index contributed by atoms with van der Waals surface area (Å²) in [7, 11) is 1.83. The summed E-state index contributed by atoms with van der Waals surface area (Å²) in [5, 5.41) is 11.6. The fraction of sp³-hybridized carbons (Fsp3) is 0.421. The average Bonchev–Trinajstić information content (AvgIpc) is 3.32. The Bertz CT molecular complexity index is 896. The van der Waals surface area contributed by atoms with Crippen molar-refractivity contribution in [3.8, 4) is 0 Å². The van der Waals surface area contributed by atoms with Gasteiger partial charge in [-0.15, -0.1) is 24.0 Å². The van der Waals surface area contributed by atoms with E-state index in [-0.39, 0.29) is 24.0 Å². The number of para-hydroxylation sites is 1. The maximum absolute atomic E-state index is 5.99. The van der Waals surface area contributed by atoms with Crippen LogP contribution in [0.3, 0.4) is 0 Å². The van der Waals surface area contributed by atoms with Crippen molar-refractivity contribution in [1.82, 2.24) is 25.4 Å². The molecule has 0 spiro atoms. The fourth-order valence-electron chi connectivity index (χ4n) is 3.66. The number of benzene rings is 1. The molecular weight excluding hydrogens is 455 g/mol. The minimum Gasteiger partial charge on any atom is -0.459 e. The second-order valence-electron chi connectivity index (χ2n) is 6.68. The van der Waals surface area contributed by atoms with Gasteiger partial charge in [0.1, 0.15) is 23.5 Å². The minimum absolute atomic E-state index is 0. The topological polar surface area (TPSA) is 82.3 Å². The maximum Gasteiger partial charge on any atom is 0.194 e. The highest BCUT2D eigenvalue weighted by atomic mass is 127. The van der Waals surface area contributed by atoms with Crippen LogP contribution >= 0.6 is 24.0 Å². The number of fused-ring (bicyclic) bond motifs is 1. The number of aryl methyl sites for hydroxylation is 1. The first-order valence-corrected chi connectivity index (χ1v) is 9.04. The van der Waals surface area contributed by atoms with Gasteiger partial charge in [0.25, 0.3) is 0 Å². The minimum atomic E-state index is 0. The van der Waals surface area contributed by atoms with Crippen LogP contribution in [0.2, 0.25) is 0 Å². The van der Waals surface area contributed by atoms with Crippen LogP contribution < -0.4 is 5.32 Å². The Morgan fingerprint density at radius 2 is 2.11 bits per heavy atom. The molecule has 3 aromatic rings. The van der Waals surface area contributed by atoms with Gasteiger partial charge in [-0.05, 0) is 25.8 Å². The molecule has 0 atom stereocenters. The monoisotopic (exact) mass is 480 g/mol. The van der Waals surface area contributed by atoms with Crippen molar-refractivity contribution in [3.63, 3.8) is 0 Å². The summed E-state index contributed by atoms with van der Waals surface area (Å²) < 4.78 is 5.99. The molecule has 2 N–H and O–H groups in total. The van der Waals surface area contributed by atoms with Crippen LogP contribution in [-0.4, -0.2) is 46.2 Å². The normalized spacial score (nSPS) is 15.8. The molecule has 0 radical (unpaired) electrons. The number of aliphatic imine (C=N–C) groups is 1. The lowest BCUT2D eigenvalue weighted by Gasteiger charge is -2.33. The molecule has 0 aliphatic carbocycles. The Balaban J connectivity index is 0.00000210. The lowest BCUT2D eigenvalue weighted by Crippen LogP contribution is -2.45. The molecule has 0 bridgehead atoms. The molecule has 27 heavy (non-hydrogen) atoms. The Hall–Kier alpha value is -2.10. The Morgan fingerprint density at radius 1 is 1.33 bits per heavy atom. The molecular formula is C19H25IN6O. The maximum atomic E-state index is 5.99. The van der Waals surface area contributed by atoms with Crippen LogP contribution in [0, 0.1) is 6.92 Å². The molecule has 1 saturated heterocycles. The molecule has 1 aliphatic heterocycles. The SMILES string of the molecule is CN=C(NCc1oc2ccccc2c1C)N1CCC(c2ncn[nH]2)CC1.I. The van der Waals surface area contributed by atoms with Crippen molar-refractivity contribution < 1.29 is 4.42 Å². The van der Waals surface area contributed by atoms with Crippen LogP contribution in [0.15, 0.2) is 40.0 Å². The highest BCUT2D eigenvalue weighted by Gasteiger charge is 2.24. The number of aromatic nitrogens is 3. The molecule has 0 saturated carbocycles. The van der Waals surface area contributed by atoms with E-state index in [0.29, 0.717) is 12.5 Å². The Kier molecular flexibility index (Phi) is 6.35. The molecule has 0 unspecified atom stereocenters. The summed E-state index contributed by atoms with van der Waals surface area (Å²) in [6, 6.07) is 8.15. The van der Waals surface area contributed by atoms with Gasteiger partial charge in [0.05, 0.1) is 6.54 Å². The van der Waals surface area contributed by atoms with Gasteiger partial charge in [-0.25, -0.2) is 4.98 Å². The van der Waals surface area contributed by atoms with E-state index in [1.165, 1.54) is 10.9 Å². The first-order valence-electron chi connectivity index (χ1n) is 9.04. The van der Waals surface area contributed by atoms with Crippen molar-refractivity contribution in [2.24, 2.45) is 4.99 Å². The number of nitrogens with one attached hydrogen (secondary N) is 2. The third kappa shape index (κ3) is 4.10. The largest absolute Gasteiger partial charge is 0.459 e. The molecule has 144 valence electrons. The van der Waals surface area contributed by atoms with Crippen LogP contribution in [0.25, 0.3) is 11.0 Å². The number of furan rings is 1. The molecule has 1 fully saturated rings. The number of hydrogen-bond donors (Lipinski definition) is 2. The van der Waals surface area contributed by atoms with Crippen LogP contribution in [0.1, 0.15) is 35.9 Å². The summed E-state index contributed by atoms with van der Waals surface area (Å²) in [4.78, 5) is 11.0. The van der Waals surface area contributed by atoms with Crippen molar-refractivity contribution in [2.75, 3.05) is 20.1 Å². The Labute approximate surface area is 175 Å². The standard InChI is InChI=1S/C19H24N6O.HI/c1-13-15-5-3-4-6-16(15)26-17(13)11-21-19(20-2)25-9-7-14(8-10-25)18-22-12-23-24-18;/h3-6,12,14H,7-11H2,1-2H3,(H,20,21)(H,22,23,24);1H. The number of guanidine groups is 1. The number of halogens is 1. The number of nitrogens with zero attached hydrogens (tertiary/aromatic N) is 4. The van der Waals surface area contributed by atoms with Crippen molar-refractivity contribution in [2.45, 2.75) is 32.2 Å². The molecule has 1 aliphatic rings. The second kappa shape index (κ2) is 8.73. The highest BCUT2D eigenvalue weighted by Crippen LogP contribution is 2.26. The number of rotatable bonds is 3. The zero-order chi connectivity index (χ0) is 17.9. The summed E-state index contributed by atoms with van der Waals surface area (Å²) in [5.74, 6) is 3.32. The second-order valence-corrected chi connectivity index (χ2v) is 6.68. The van der Waals surface area contributed by atoms with Gasteiger partial charge in [0.2, 0.25) is 0 Å². The summed E-state index contributed by atoms with van der Waals surface area (Å²) in [5.41, 5.74) is 2.12. The predicted molar refractivity (Wildman–Crippen MR) is 116 cm³/mol. The van der Waals surface area contributed by atoms with Crippen LogP contribution in [0.5, 0.6) is 0 Å². The van der Waals surface area contributed by atoms with E-state index >= 15 is 0 Å². The van der Waals surface area contributed by atoms with Crippen LogP contribution in [-0.2, 0) is 6.54 Å². The summed E-state index contributed by atoms with van der Waals surface area (Å²) >= 11 is 0. The zero-order valence-corrected chi connectivity index (χ0v) is 17.9. The quantitative estimate of drug-likeness (QED) is 0.341. The van der Waals surface area contributed by atoms with Crippen LogP contribution in [0.4, 0.5) is 0 Å². The van der Waals surface area contributed by atoms with Gasteiger partial charge in [0, 0.05) is 37.0 Å². The van der Waals surface area contributed by atoms with Crippen molar-refractivity contribution >= 4 is 40.9 Å². The molecule has 2 aromatic heterocycles. The molecule has 0 amide bonds. The van der Waals surface area contributed by atoms with Gasteiger partial charge in [0.15, 0.2) is 5.96 Å². The van der Waals surface area contributed by atoms with Crippen molar-refractivity contribution in [3.05, 3.63) is 47.7 Å². The molecule has 3 heterocycles. The zero-order valence-electron chi connectivity index (χ0n) is 15.6. The van der Waals surface area contributed by atoms with E-state index in [1.54, 1.807) is 6.33 Å².